The van der Waals surface area contributed by atoms with Crippen LogP contribution in [0, 0.1) is 0 Å². The van der Waals surface area contributed by atoms with Gasteiger partial charge < -0.3 is 14.8 Å². The molecular formula is C16H14Cl3NO3. The van der Waals surface area contributed by atoms with E-state index in [1.165, 1.54) is 14.2 Å². The summed E-state index contributed by atoms with van der Waals surface area (Å²) in [6, 6.07) is 8.16. The smallest absolute Gasteiger partial charge is 0.228 e. The summed E-state index contributed by atoms with van der Waals surface area (Å²) in [4.78, 5) is 12.2. The number of hydrogen-bond acceptors (Lipinski definition) is 3. The zero-order valence-electron chi connectivity index (χ0n) is 12.5. The van der Waals surface area contributed by atoms with Gasteiger partial charge in [-0.3, -0.25) is 4.79 Å². The standard InChI is InChI=1S/C16H14Cl3NO3/c1-22-14-8-15(23-2)13(7-12(14)19)20-16(21)5-9-3-4-10(17)6-11(9)18/h3-4,6-8H,5H2,1-2H3,(H,20,21). The van der Waals surface area contributed by atoms with Crippen molar-refractivity contribution in [3.8, 4) is 11.5 Å². The maximum Gasteiger partial charge on any atom is 0.228 e. The van der Waals surface area contributed by atoms with Crippen molar-refractivity contribution in [1.82, 2.24) is 0 Å². The van der Waals surface area contributed by atoms with Crippen LogP contribution in [0.2, 0.25) is 15.1 Å². The van der Waals surface area contributed by atoms with Crippen LogP contribution in [0.1, 0.15) is 5.56 Å². The first-order chi connectivity index (χ1) is 10.9. The van der Waals surface area contributed by atoms with Gasteiger partial charge in [0.2, 0.25) is 5.91 Å². The van der Waals surface area contributed by atoms with E-state index in [0.717, 1.165) is 0 Å². The van der Waals surface area contributed by atoms with Crippen molar-refractivity contribution in [3.05, 3.63) is 51.0 Å². The molecule has 0 aliphatic carbocycles. The Kier molecular flexibility index (Phi) is 5.99. The third-order valence-electron chi connectivity index (χ3n) is 3.11. The van der Waals surface area contributed by atoms with E-state index in [-0.39, 0.29) is 12.3 Å². The number of carbonyl (C=O) groups excluding carboxylic acids is 1. The highest BCUT2D eigenvalue weighted by Crippen LogP contribution is 2.36. The molecule has 0 heterocycles. The van der Waals surface area contributed by atoms with Gasteiger partial charge in [-0.15, -0.1) is 0 Å². The van der Waals surface area contributed by atoms with Crippen molar-refractivity contribution < 1.29 is 14.3 Å². The van der Waals surface area contributed by atoms with E-state index in [1.54, 1.807) is 30.3 Å². The van der Waals surface area contributed by atoms with E-state index in [2.05, 4.69) is 5.32 Å². The van der Waals surface area contributed by atoms with Crippen LogP contribution in [0.25, 0.3) is 0 Å². The van der Waals surface area contributed by atoms with E-state index in [0.29, 0.717) is 37.8 Å². The number of amides is 1. The van der Waals surface area contributed by atoms with Crippen molar-refractivity contribution in [3.63, 3.8) is 0 Å². The van der Waals surface area contributed by atoms with E-state index in [4.69, 9.17) is 44.3 Å². The Morgan fingerprint density at radius 1 is 1.00 bits per heavy atom. The van der Waals surface area contributed by atoms with Gasteiger partial charge >= 0.3 is 0 Å². The molecule has 0 unspecified atom stereocenters. The zero-order valence-corrected chi connectivity index (χ0v) is 14.7. The third-order valence-corrected chi connectivity index (χ3v) is 4.00. The zero-order chi connectivity index (χ0) is 17.0. The average Bonchev–Trinajstić information content (AvgIpc) is 2.50. The van der Waals surface area contributed by atoms with Gasteiger partial charge in [-0.05, 0) is 23.8 Å². The normalized spacial score (nSPS) is 10.3. The molecule has 7 heteroatoms. The Morgan fingerprint density at radius 2 is 1.70 bits per heavy atom. The van der Waals surface area contributed by atoms with Crippen molar-refractivity contribution in [2.75, 3.05) is 19.5 Å². The lowest BCUT2D eigenvalue weighted by molar-refractivity contribution is -0.115. The molecule has 1 amide bonds. The third kappa shape index (κ3) is 4.44. The molecule has 4 nitrogen and oxygen atoms in total. The van der Waals surface area contributed by atoms with Gasteiger partial charge in [-0.1, -0.05) is 40.9 Å². The predicted octanol–water partition coefficient (Wildman–Crippen LogP) is 4.85. The van der Waals surface area contributed by atoms with Gasteiger partial charge in [0, 0.05) is 16.1 Å². The number of hydrogen-bond donors (Lipinski definition) is 1. The summed E-state index contributed by atoms with van der Waals surface area (Å²) in [6.07, 6.45) is 0.100. The SMILES string of the molecule is COc1cc(OC)c(NC(=O)Cc2ccc(Cl)cc2Cl)cc1Cl. The Morgan fingerprint density at radius 3 is 2.30 bits per heavy atom. The first kappa shape index (κ1) is 17.7. The summed E-state index contributed by atoms with van der Waals surface area (Å²) in [5.74, 6) is 0.651. The number of halogens is 3. The molecule has 2 aromatic rings. The average molecular weight is 375 g/mol. The van der Waals surface area contributed by atoms with Gasteiger partial charge in [0.25, 0.3) is 0 Å². The summed E-state index contributed by atoms with van der Waals surface area (Å²) in [6.45, 7) is 0. The summed E-state index contributed by atoms with van der Waals surface area (Å²) in [7, 11) is 3.00. The lowest BCUT2D eigenvalue weighted by Gasteiger charge is -2.13. The Labute approximate surface area is 149 Å². The summed E-state index contributed by atoms with van der Waals surface area (Å²) in [5, 5.41) is 4.07. The van der Waals surface area contributed by atoms with E-state index in [9.17, 15) is 4.79 Å². The van der Waals surface area contributed by atoms with Gasteiger partial charge in [-0.2, -0.15) is 0 Å². The molecule has 23 heavy (non-hydrogen) atoms. The van der Waals surface area contributed by atoms with E-state index < -0.39 is 0 Å². The number of benzene rings is 2. The molecule has 0 bridgehead atoms. The molecule has 0 fully saturated rings. The fourth-order valence-corrected chi connectivity index (χ4v) is 2.71. The highest BCUT2D eigenvalue weighted by atomic mass is 35.5. The number of nitrogens with one attached hydrogen (secondary N) is 1. The monoisotopic (exact) mass is 373 g/mol. The molecule has 0 atom stereocenters. The van der Waals surface area contributed by atoms with Crippen LogP contribution in [-0.2, 0) is 11.2 Å². The van der Waals surface area contributed by atoms with E-state index >= 15 is 0 Å². The number of anilines is 1. The molecule has 122 valence electrons. The van der Waals surface area contributed by atoms with Crippen LogP contribution in [0.15, 0.2) is 30.3 Å². The topological polar surface area (TPSA) is 47.6 Å². The minimum atomic E-state index is -0.256. The Hall–Kier alpha value is -1.62. The van der Waals surface area contributed by atoms with Crippen molar-refractivity contribution >= 4 is 46.4 Å². The molecule has 0 radical (unpaired) electrons. The second-order valence-electron chi connectivity index (χ2n) is 4.65. The van der Waals surface area contributed by atoms with Gasteiger partial charge in [0.1, 0.15) is 11.5 Å². The van der Waals surface area contributed by atoms with Crippen LogP contribution >= 0.6 is 34.8 Å². The van der Waals surface area contributed by atoms with Gasteiger partial charge in [0.05, 0.1) is 31.4 Å². The highest BCUT2D eigenvalue weighted by molar-refractivity contribution is 6.35. The number of ether oxygens (including phenoxy) is 2. The number of rotatable bonds is 5. The van der Waals surface area contributed by atoms with Crippen LogP contribution in [0.5, 0.6) is 11.5 Å². The molecule has 0 aliphatic heterocycles. The maximum atomic E-state index is 12.2. The highest BCUT2D eigenvalue weighted by Gasteiger charge is 2.14. The maximum absolute atomic E-state index is 12.2. The van der Waals surface area contributed by atoms with Crippen LogP contribution in [0.4, 0.5) is 5.69 Å². The Balaban J connectivity index is 2.18. The molecule has 0 aliphatic rings. The molecule has 0 spiro atoms. The van der Waals surface area contributed by atoms with Crippen LogP contribution in [0.3, 0.4) is 0 Å². The molecule has 2 rings (SSSR count). The largest absolute Gasteiger partial charge is 0.495 e. The quantitative estimate of drug-likeness (QED) is 0.814. The second kappa shape index (κ2) is 7.77. The van der Waals surface area contributed by atoms with Crippen molar-refractivity contribution in [2.24, 2.45) is 0 Å². The first-order valence-electron chi connectivity index (χ1n) is 6.60. The molecule has 0 saturated carbocycles. The van der Waals surface area contributed by atoms with Gasteiger partial charge in [0.15, 0.2) is 0 Å². The lowest BCUT2D eigenvalue weighted by Crippen LogP contribution is -2.15. The summed E-state index contributed by atoms with van der Waals surface area (Å²) >= 11 is 18.0. The predicted molar refractivity (Wildman–Crippen MR) is 93.4 cm³/mol. The first-order valence-corrected chi connectivity index (χ1v) is 7.73. The van der Waals surface area contributed by atoms with Crippen molar-refractivity contribution in [1.29, 1.82) is 0 Å². The molecule has 0 saturated heterocycles. The van der Waals surface area contributed by atoms with Gasteiger partial charge in [-0.25, -0.2) is 0 Å². The minimum absolute atomic E-state index is 0.100. The molecular weight excluding hydrogens is 361 g/mol. The van der Waals surface area contributed by atoms with Crippen LogP contribution in [-0.4, -0.2) is 20.1 Å². The number of carbonyl (C=O) groups is 1. The van der Waals surface area contributed by atoms with Crippen LogP contribution < -0.4 is 14.8 Å². The minimum Gasteiger partial charge on any atom is -0.495 e. The molecule has 1 N–H and O–H groups in total. The summed E-state index contributed by atoms with van der Waals surface area (Å²) < 4.78 is 10.4. The Bertz CT molecular complexity index is 735. The fraction of sp³-hybridized carbons (Fsp3) is 0.188. The fourth-order valence-electron chi connectivity index (χ4n) is 1.99. The summed E-state index contributed by atoms with van der Waals surface area (Å²) in [5.41, 5.74) is 1.13. The van der Waals surface area contributed by atoms with E-state index in [1.807, 2.05) is 0 Å². The molecule has 0 aromatic heterocycles. The number of methoxy groups -OCH3 is 2. The van der Waals surface area contributed by atoms with Crippen molar-refractivity contribution in [2.45, 2.75) is 6.42 Å². The molecule has 2 aromatic carbocycles. The lowest BCUT2D eigenvalue weighted by atomic mass is 10.1. The second-order valence-corrected chi connectivity index (χ2v) is 5.90.